The molecular weight excluding hydrogens is 284 g/mol. The molecular formula is C17H15ClN2O. The summed E-state index contributed by atoms with van der Waals surface area (Å²) in [5, 5.41) is 11.0. The van der Waals surface area contributed by atoms with Crippen molar-refractivity contribution in [2.75, 3.05) is 19.0 Å². The highest BCUT2D eigenvalue weighted by molar-refractivity contribution is 6.32. The summed E-state index contributed by atoms with van der Waals surface area (Å²) in [7, 11) is 4.03. The number of aromatic hydroxyl groups is 1. The fraction of sp³-hybridized carbons (Fsp3) is 0.118. The van der Waals surface area contributed by atoms with Gasteiger partial charge in [-0.2, -0.15) is 0 Å². The van der Waals surface area contributed by atoms with Gasteiger partial charge in [-0.3, -0.25) is 4.98 Å². The highest BCUT2D eigenvalue weighted by Crippen LogP contribution is 2.32. The zero-order valence-corrected chi connectivity index (χ0v) is 12.6. The Bertz CT molecular complexity index is 815. The molecule has 0 aliphatic rings. The molecule has 106 valence electrons. The van der Waals surface area contributed by atoms with Crippen molar-refractivity contribution in [3.8, 4) is 16.9 Å². The van der Waals surface area contributed by atoms with E-state index in [4.69, 9.17) is 11.6 Å². The summed E-state index contributed by atoms with van der Waals surface area (Å²) in [6.45, 7) is 0. The Morgan fingerprint density at radius 2 is 1.71 bits per heavy atom. The second kappa shape index (κ2) is 5.26. The Morgan fingerprint density at radius 3 is 2.43 bits per heavy atom. The number of phenolic OH excluding ortho intramolecular Hbond substituents is 1. The molecule has 21 heavy (non-hydrogen) atoms. The molecule has 0 saturated carbocycles. The van der Waals surface area contributed by atoms with Crippen LogP contribution in [0, 0.1) is 0 Å². The van der Waals surface area contributed by atoms with E-state index in [0.717, 1.165) is 27.7 Å². The van der Waals surface area contributed by atoms with Crippen molar-refractivity contribution in [3.63, 3.8) is 0 Å². The van der Waals surface area contributed by atoms with Gasteiger partial charge in [-0.25, -0.2) is 0 Å². The van der Waals surface area contributed by atoms with Crippen LogP contribution in [0.3, 0.4) is 0 Å². The van der Waals surface area contributed by atoms with Crippen LogP contribution in [0.5, 0.6) is 5.75 Å². The summed E-state index contributed by atoms with van der Waals surface area (Å²) < 4.78 is 0. The third-order valence-electron chi connectivity index (χ3n) is 3.48. The van der Waals surface area contributed by atoms with Crippen molar-refractivity contribution in [1.29, 1.82) is 0 Å². The van der Waals surface area contributed by atoms with Crippen LogP contribution in [-0.2, 0) is 0 Å². The van der Waals surface area contributed by atoms with E-state index in [1.54, 1.807) is 12.1 Å². The molecule has 1 aromatic heterocycles. The smallest absolute Gasteiger partial charge is 0.134 e. The highest BCUT2D eigenvalue weighted by Gasteiger charge is 2.07. The van der Waals surface area contributed by atoms with E-state index in [-0.39, 0.29) is 5.75 Å². The minimum Gasteiger partial charge on any atom is -0.506 e. The molecule has 0 bridgehead atoms. The minimum absolute atomic E-state index is 0.0943. The average molecular weight is 299 g/mol. The lowest BCUT2D eigenvalue weighted by atomic mass is 10.0. The van der Waals surface area contributed by atoms with Crippen molar-refractivity contribution >= 4 is 28.2 Å². The van der Waals surface area contributed by atoms with Crippen molar-refractivity contribution in [2.45, 2.75) is 0 Å². The zero-order chi connectivity index (χ0) is 15.0. The number of nitrogens with zero attached hydrogens (tertiary/aromatic N) is 2. The van der Waals surface area contributed by atoms with E-state index in [1.807, 2.05) is 44.6 Å². The van der Waals surface area contributed by atoms with Crippen LogP contribution in [0.1, 0.15) is 0 Å². The normalized spacial score (nSPS) is 10.8. The number of anilines is 1. The first kappa shape index (κ1) is 13.7. The van der Waals surface area contributed by atoms with E-state index >= 15 is 0 Å². The Morgan fingerprint density at radius 1 is 1.00 bits per heavy atom. The molecule has 0 radical (unpaired) electrons. The lowest BCUT2D eigenvalue weighted by Gasteiger charge is -2.15. The summed E-state index contributed by atoms with van der Waals surface area (Å²) in [6.07, 6.45) is 1.81. The Balaban J connectivity index is 2.20. The molecule has 0 amide bonds. The number of rotatable bonds is 2. The predicted octanol–water partition coefficient (Wildman–Crippen LogP) is 4.33. The van der Waals surface area contributed by atoms with Gasteiger partial charge < -0.3 is 10.0 Å². The van der Waals surface area contributed by atoms with Gasteiger partial charge in [-0.1, -0.05) is 23.7 Å². The number of phenols is 1. The molecule has 0 spiro atoms. The van der Waals surface area contributed by atoms with E-state index in [2.05, 4.69) is 16.0 Å². The van der Waals surface area contributed by atoms with Gasteiger partial charge in [-0.15, -0.1) is 0 Å². The third-order valence-corrected chi connectivity index (χ3v) is 3.78. The quantitative estimate of drug-likeness (QED) is 0.765. The summed E-state index contributed by atoms with van der Waals surface area (Å²) in [5.74, 6) is 0.0943. The van der Waals surface area contributed by atoms with E-state index < -0.39 is 0 Å². The molecule has 3 nitrogen and oxygen atoms in total. The number of hydrogen-bond acceptors (Lipinski definition) is 3. The molecule has 2 aromatic carbocycles. The molecule has 0 atom stereocenters. The van der Waals surface area contributed by atoms with E-state index in [9.17, 15) is 5.11 Å². The zero-order valence-electron chi connectivity index (χ0n) is 11.8. The maximum atomic E-state index is 9.53. The van der Waals surface area contributed by atoms with Gasteiger partial charge in [0.05, 0.1) is 10.5 Å². The van der Waals surface area contributed by atoms with Crippen LogP contribution in [0.4, 0.5) is 5.69 Å². The number of pyridine rings is 1. The van der Waals surface area contributed by atoms with Gasteiger partial charge in [-0.05, 0) is 41.5 Å². The Labute approximate surface area is 128 Å². The van der Waals surface area contributed by atoms with E-state index in [1.165, 1.54) is 0 Å². The minimum atomic E-state index is 0.0943. The number of benzene rings is 2. The van der Waals surface area contributed by atoms with Gasteiger partial charge >= 0.3 is 0 Å². The number of halogens is 1. The fourth-order valence-corrected chi connectivity index (χ4v) is 2.57. The predicted molar refractivity (Wildman–Crippen MR) is 88.2 cm³/mol. The van der Waals surface area contributed by atoms with Crippen LogP contribution >= 0.6 is 11.6 Å². The topological polar surface area (TPSA) is 36.4 Å². The number of fused-ring (bicyclic) bond motifs is 1. The molecule has 0 aliphatic heterocycles. The summed E-state index contributed by atoms with van der Waals surface area (Å²) in [5.41, 5.74) is 4.08. The largest absolute Gasteiger partial charge is 0.506 e. The summed E-state index contributed by atoms with van der Waals surface area (Å²) in [4.78, 5) is 6.47. The Hall–Kier alpha value is -2.26. The first-order chi connectivity index (χ1) is 10.1. The van der Waals surface area contributed by atoms with Gasteiger partial charge in [0.15, 0.2) is 0 Å². The lowest BCUT2D eigenvalue weighted by Crippen LogP contribution is -2.09. The molecule has 3 aromatic rings. The lowest BCUT2D eigenvalue weighted by molar-refractivity contribution is 0.475. The molecule has 4 heteroatoms. The number of aromatic nitrogens is 1. The molecule has 1 N–H and O–H groups in total. The van der Waals surface area contributed by atoms with Crippen LogP contribution in [0.25, 0.3) is 22.0 Å². The number of hydrogen-bond donors (Lipinski definition) is 1. The van der Waals surface area contributed by atoms with Crippen molar-refractivity contribution in [1.82, 2.24) is 4.98 Å². The van der Waals surface area contributed by atoms with Crippen molar-refractivity contribution < 1.29 is 5.11 Å². The standard InChI is InChI=1S/C17H15ClN2O/c1-20(2)16-7-8-19-15-5-3-11(9-13(15)16)12-4-6-17(21)14(18)10-12/h3-10,21H,1-2H3. The van der Waals surface area contributed by atoms with Crippen LogP contribution in [0.2, 0.25) is 5.02 Å². The Kier molecular flexibility index (Phi) is 3.43. The van der Waals surface area contributed by atoms with Gasteiger partial charge in [0.25, 0.3) is 0 Å². The first-order valence-corrected chi connectivity index (χ1v) is 6.99. The third kappa shape index (κ3) is 2.52. The summed E-state index contributed by atoms with van der Waals surface area (Å²) >= 11 is 5.99. The molecule has 0 saturated heterocycles. The maximum absolute atomic E-state index is 9.53. The molecule has 1 heterocycles. The SMILES string of the molecule is CN(C)c1ccnc2ccc(-c3ccc(O)c(Cl)c3)cc12. The van der Waals surface area contributed by atoms with Gasteiger partial charge in [0.1, 0.15) is 5.75 Å². The molecule has 0 unspecified atom stereocenters. The van der Waals surface area contributed by atoms with Crippen molar-refractivity contribution in [3.05, 3.63) is 53.7 Å². The first-order valence-electron chi connectivity index (χ1n) is 6.61. The second-order valence-corrected chi connectivity index (χ2v) is 5.53. The van der Waals surface area contributed by atoms with Gasteiger partial charge in [0, 0.05) is 31.4 Å². The molecule has 0 fully saturated rings. The fourth-order valence-electron chi connectivity index (χ4n) is 2.39. The van der Waals surface area contributed by atoms with Crippen LogP contribution in [0.15, 0.2) is 48.7 Å². The van der Waals surface area contributed by atoms with Crippen molar-refractivity contribution in [2.24, 2.45) is 0 Å². The van der Waals surface area contributed by atoms with Gasteiger partial charge in [0.2, 0.25) is 0 Å². The average Bonchev–Trinajstić information content (AvgIpc) is 2.48. The maximum Gasteiger partial charge on any atom is 0.134 e. The molecule has 3 rings (SSSR count). The van der Waals surface area contributed by atoms with Crippen LogP contribution < -0.4 is 4.90 Å². The highest BCUT2D eigenvalue weighted by atomic mass is 35.5. The second-order valence-electron chi connectivity index (χ2n) is 5.12. The molecule has 0 aliphatic carbocycles. The summed E-state index contributed by atoms with van der Waals surface area (Å²) in [6, 6.07) is 13.3. The monoisotopic (exact) mass is 298 g/mol. The van der Waals surface area contributed by atoms with E-state index in [0.29, 0.717) is 5.02 Å². The van der Waals surface area contributed by atoms with Crippen LogP contribution in [-0.4, -0.2) is 24.2 Å².